The van der Waals surface area contributed by atoms with Crippen LogP contribution in [-0.2, 0) is 0 Å². The Labute approximate surface area is 209 Å². The summed E-state index contributed by atoms with van der Waals surface area (Å²) in [5.74, 6) is 4.40. The van der Waals surface area contributed by atoms with Gasteiger partial charge < -0.3 is 9.47 Å². The molecule has 1 heterocycles. The predicted molar refractivity (Wildman–Crippen MR) is 138 cm³/mol. The van der Waals surface area contributed by atoms with Crippen LogP contribution < -0.4 is 15.0 Å². The average Bonchev–Trinajstić information content (AvgIpc) is 2.83. The molecule has 0 radical (unpaired) electrons. The topological polar surface area (TPSA) is 65.7 Å². The molecule has 0 aliphatic heterocycles. The summed E-state index contributed by atoms with van der Waals surface area (Å²) < 4.78 is 14.0. The number of fused-ring (bicyclic) bond motifs is 1. The fourth-order valence-corrected chi connectivity index (χ4v) is 4.85. The largest absolute Gasteiger partial charge is 0.493 e. The van der Waals surface area contributed by atoms with Gasteiger partial charge in [-0.3, -0.25) is 4.79 Å². The molecule has 8 heteroatoms. The maximum Gasteiger partial charge on any atom is 0.282 e. The molecule has 1 aliphatic rings. The summed E-state index contributed by atoms with van der Waals surface area (Å²) >= 11 is 7.00. The molecule has 0 amide bonds. The van der Waals surface area contributed by atoms with Crippen molar-refractivity contribution in [3.8, 4) is 23.8 Å². The highest BCUT2D eigenvalue weighted by Gasteiger charge is 2.22. The Hall–Kier alpha value is -2.63. The minimum Gasteiger partial charge on any atom is -0.493 e. The van der Waals surface area contributed by atoms with Crippen LogP contribution in [0.4, 0.5) is 0 Å². The van der Waals surface area contributed by atoms with Gasteiger partial charge in [-0.1, -0.05) is 41.1 Å². The minimum atomic E-state index is -0.185. The Morgan fingerprint density at radius 2 is 2.00 bits per heavy atom. The van der Waals surface area contributed by atoms with Crippen molar-refractivity contribution in [3.05, 3.63) is 61.0 Å². The fourth-order valence-electron chi connectivity index (χ4n) is 4.06. The molecule has 2 aromatic carbocycles. The smallest absolute Gasteiger partial charge is 0.282 e. The number of aromatic nitrogens is 2. The van der Waals surface area contributed by atoms with E-state index in [1.165, 1.54) is 11.1 Å². The second kappa shape index (κ2) is 10.5. The second-order valence-corrected chi connectivity index (χ2v) is 9.62. The molecule has 1 aromatic heterocycles. The lowest BCUT2D eigenvalue weighted by molar-refractivity contribution is 0.330. The number of benzene rings is 2. The first kappa shape index (κ1) is 23.5. The number of rotatable bonds is 6. The van der Waals surface area contributed by atoms with Gasteiger partial charge in [0.25, 0.3) is 5.56 Å². The molecular weight excluding hydrogens is 550 g/mol. The SMILES string of the molecule is C#CCOc1cc(Br)c(C=Nn2c(C3CCCCC3)nc3ccc(Br)cc3c2=O)cc1OC. The van der Waals surface area contributed by atoms with Crippen molar-refractivity contribution in [1.29, 1.82) is 0 Å². The fraction of sp³-hybridized carbons (Fsp3) is 0.320. The van der Waals surface area contributed by atoms with Gasteiger partial charge in [-0.15, -0.1) is 6.42 Å². The summed E-state index contributed by atoms with van der Waals surface area (Å²) in [7, 11) is 1.56. The van der Waals surface area contributed by atoms with Crippen molar-refractivity contribution in [2.75, 3.05) is 13.7 Å². The molecule has 0 spiro atoms. The molecule has 1 fully saturated rings. The summed E-state index contributed by atoms with van der Waals surface area (Å²) in [5, 5.41) is 5.13. The molecule has 0 unspecified atom stereocenters. The summed E-state index contributed by atoms with van der Waals surface area (Å²) in [6.45, 7) is 0.134. The summed E-state index contributed by atoms with van der Waals surface area (Å²) in [6.07, 6.45) is 12.4. The summed E-state index contributed by atoms with van der Waals surface area (Å²) in [4.78, 5) is 18.3. The molecule has 0 bridgehead atoms. The van der Waals surface area contributed by atoms with E-state index in [4.69, 9.17) is 20.9 Å². The third-order valence-corrected chi connectivity index (χ3v) is 6.89. The number of hydrogen-bond donors (Lipinski definition) is 0. The van der Waals surface area contributed by atoms with Gasteiger partial charge in [0.2, 0.25) is 0 Å². The number of ether oxygens (including phenoxy) is 2. The number of hydrogen-bond acceptors (Lipinski definition) is 5. The van der Waals surface area contributed by atoms with Crippen molar-refractivity contribution in [2.24, 2.45) is 5.10 Å². The first-order valence-corrected chi connectivity index (χ1v) is 12.3. The number of halogens is 2. The highest BCUT2D eigenvalue weighted by atomic mass is 79.9. The predicted octanol–water partition coefficient (Wildman–Crippen LogP) is 5.87. The van der Waals surface area contributed by atoms with Crippen LogP contribution in [0.1, 0.15) is 49.4 Å². The van der Waals surface area contributed by atoms with Crippen molar-refractivity contribution in [1.82, 2.24) is 9.66 Å². The summed E-state index contributed by atoms with van der Waals surface area (Å²) in [6, 6.07) is 9.13. The maximum atomic E-state index is 13.5. The maximum absolute atomic E-state index is 13.5. The first-order chi connectivity index (χ1) is 16.0. The van der Waals surface area contributed by atoms with E-state index in [1.807, 2.05) is 12.1 Å². The monoisotopic (exact) mass is 571 g/mol. The highest BCUT2D eigenvalue weighted by molar-refractivity contribution is 9.10. The zero-order valence-electron chi connectivity index (χ0n) is 18.2. The normalized spacial score (nSPS) is 14.5. The van der Waals surface area contributed by atoms with Crippen LogP contribution in [0.5, 0.6) is 11.5 Å². The molecule has 6 nitrogen and oxygen atoms in total. The van der Waals surface area contributed by atoms with Gasteiger partial charge in [0, 0.05) is 20.4 Å². The van der Waals surface area contributed by atoms with Crippen LogP contribution in [0.2, 0.25) is 0 Å². The molecule has 1 saturated carbocycles. The van der Waals surface area contributed by atoms with Crippen LogP contribution >= 0.6 is 31.9 Å². The second-order valence-electron chi connectivity index (χ2n) is 7.85. The van der Waals surface area contributed by atoms with Gasteiger partial charge in [0.05, 0.1) is 24.2 Å². The zero-order chi connectivity index (χ0) is 23.4. The molecule has 170 valence electrons. The van der Waals surface area contributed by atoms with E-state index in [0.29, 0.717) is 28.2 Å². The van der Waals surface area contributed by atoms with Crippen LogP contribution in [0.25, 0.3) is 10.9 Å². The van der Waals surface area contributed by atoms with E-state index in [-0.39, 0.29) is 18.1 Å². The molecule has 1 aliphatic carbocycles. The Morgan fingerprint density at radius 3 is 2.73 bits per heavy atom. The Morgan fingerprint density at radius 1 is 1.21 bits per heavy atom. The van der Waals surface area contributed by atoms with Crippen LogP contribution in [0.15, 0.2) is 49.2 Å². The van der Waals surface area contributed by atoms with Gasteiger partial charge in [-0.25, -0.2) is 4.98 Å². The van der Waals surface area contributed by atoms with E-state index >= 15 is 0 Å². The molecule has 33 heavy (non-hydrogen) atoms. The number of terminal acetylenes is 1. The lowest BCUT2D eigenvalue weighted by Gasteiger charge is -2.22. The third kappa shape index (κ3) is 5.15. The average molecular weight is 573 g/mol. The minimum absolute atomic E-state index is 0.134. The van der Waals surface area contributed by atoms with Crippen molar-refractivity contribution in [3.63, 3.8) is 0 Å². The van der Waals surface area contributed by atoms with E-state index in [1.54, 1.807) is 31.5 Å². The van der Waals surface area contributed by atoms with Gasteiger partial charge in [-0.2, -0.15) is 9.78 Å². The first-order valence-electron chi connectivity index (χ1n) is 10.7. The highest BCUT2D eigenvalue weighted by Crippen LogP contribution is 2.34. The Bertz CT molecular complexity index is 1300. The lowest BCUT2D eigenvalue weighted by Crippen LogP contribution is -2.25. The summed E-state index contributed by atoms with van der Waals surface area (Å²) in [5.41, 5.74) is 1.24. The van der Waals surface area contributed by atoms with Crippen LogP contribution in [0.3, 0.4) is 0 Å². The van der Waals surface area contributed by atoms with Crippen molar-refractivity contribution >= 4 is 49.0 Å². The quantitative estimate of drug-likeness (QED) is 0.273. The molecule has 0 atom stereocenters. The van der Waals surface area contributed by atoms with Gasteiger partial charge in [-0.05, 0) is 59.1 Å². The van der Waals surface area contributed by atoms with E-state index < -0.39 is 0 Å². The van der Waals surface area contributed by atoms with Gasteiger partial charge >= 0.3 is 0 Å². The molecular formula is C25H23Br2N3O3. The standard InChI is InChI=1S/C25H23Br2N3O3/c1-3-11-33-23-14-20(27)17(12-22(23)32-2)15-28-30-24(16-7-5-4-6-8-16)29-21-10-9-18(26)13-19(21)25(30)31/h1,9-10,12-16H,4-8,11H2,2H3. The van der Waals surface area contributed by atoms with Crippen LogP contribution in [0, 0.1) is 12.3 Å². The molecule has 0 saturated heterocycles. The van der Waals surface area contributed by atoms with E-state index in [2.05, 4.69) is 42.9 Å². The lowest BCUT2D eigenvalue weighted by atomic mass is 9.88. The van der Waals surface area contributed by atoms with Gasteiger partial charge in [0.15, 0.2) is 11.5 Å². The van der Waals surface area contributed by atoms with E-state index in [9.17, 15) is 4.79 Å². The zero-order valence-corrected chi connectivity index (χ0v) is 21.4. The van der Waals surface area contributed by atoms with Crippen LogP contribution in [-0.4, -0.2) is 29.6 Å². The third-order valence-electron chi connectivity index (χ3n) is 5.71. The number of methoxy groups -OCH3 is 1. The van der Waals surface area contributed by atoms with Crippen molar-refractivity contribution < 1.29 is 9.47 Å². The molecule has 3 aromatic rings. The Balaban J connectivity index is 1.81. The number of nitrogens with zero attached hydrogens (tertiary/aromatic N) is 3. The van der Waals surface area contributed by atoms with Gasteiger partial charge in [0.1, 0.15) is 12.4 Å². The van der Waals surface area contributed by atoms with E-state index in [0.717, 1.165) is 40.2 Å². The molecule has 4 rings (SSSR count). The van der Waals surface area contributed by atoms with Crippen molar-refractivity contribution in [2.45, 2.75) is 38.0 Å². The Kier molecular flexibility index (Phi) is 7.51. The molecule has 0 N–H and O–H groups in total.